The summed E-state index contributed by atoms with van der Waals surface area (Å²) in [5.41, 5.74) is 4.66. The van der Waals surface area contributed by atoms with E-state index in [4.69, 9.17) is 5.26 Å². The summed E-state index contributed by atoms with van der Waals surface area (Å²) in [6, 6.07) is 11.6. The molecule has 20 heavy (non-hydrogen) atoms. The lowest BCUT2D eigenvalue weighted by Crippen LogP contribution is -1.95. The fourth-order valence-corrected chi connectivity index (χ4v) is 2.12. The van der Waals surface area contributed by atoms with E-state index in [1.54, 1.807) is 24.7 Å². The molecule has 3 aromatic rings. The van der Waals surface area contributed by atoms with Gasteiger partial charge in [0, 0.05) is 18.0 Å². The third-order valence-corrected chi connectivity index (χ3v) is 3.15. The Hall–Kier alpha value is -2.93. The molecule has 0 N–H and O–H groups in total. The summed E-state index contributed by atoms with van der Waals surface area (Å²) in [7, 11) is 0. The normalized spacial score (nSPS) is 10.2. The molecule has 0 bridgehead atoms. The van der Waals surface area contributed by atoms with Crippen molar-refractivity contribution in [2.24, 2.45) is 0 Å². The molecule has 0 unspecified atom stereocenters. The third-order valence-electron chi connectivity index (χ3n) is 3.15. The van der Waals surface area contributed by atoms with E-state index in [9.17, 15) is 0 Å². The van der Waals surface area contributed by atoms with Crippen LogP contribution in [0.2, 0.25) is 0 Å². The van der Waals surface area contributed by atoms with E-state index in [1.807, 2.05) is 36.0 Å². The molecule has 0 radical (unpaired) electrons. The lowest BCUT2D eigenvalue weighted by Gasteiger charge is -2.08. The maximum absolute atomic E-state index is 8.82. The predicted molar refractivity (Wildman–Crippen MR) is 76.2 cm³/mol. The van der Waals surface area contributed by atoms with E-state index in [-0.39, 0.29) is 0 Å². The molecule has 2 heterocycles. The van der Waals surface area contributed by atoms with Gasteiger partial charge in [0.05, 0.1) is 35.5 Å². The highest BCUT2D eigenvalue weighted by Crippen LogP contribution is 2.23. The van der Waals surface area contributed by atoms with Crippen LogP contribution < -0.4 is 0 Å². The van der Waals surface area contributed by atoms with Gasteiger partial charge in [-0.1, -0.05) is 12.1 Å². The Morgan fingerprint density at radius 3 is 2.60 bits per heavy atom. The van der Waals surface area contributed by atoms with Crippen molar-refractivity contribution in [3.8, 4) is 23.0 Å². The number of nitriles is 1. The lowest BCUT2D eigenvalue weighted by atomic mass is 10.0. The Balaban J connectivity index is 2.00. The fraction of sp³-hybridized carbons (Fsp3) is 0.0625. The average Bonchev–Trinajstić information content (AvgIpc) is 3.01. The monoisotopic (exact) mass is 260 g/mol. The van der Waals surface area contributed by atoms with Gasteiger partial charge in [-0.05, 0) is 30.7 Å². The molecule has 1 aromatic carbocycles. The predicted octanol–water partition coefficient (Wildman–Crippen LogP) is 3.11. The molecule has 0 spiro atoms. The van der Waals surface area contributed by atoms with Crippen LogP contribution in [0, 0.1) is 18.3 Å². The second-order valence-electron chi connectivity index (χ2n) is 4.52. The minimum absolute atomic E-state index is 0.654. The zero-order chi connectivity index (χ0) is 13.9. The van der Waals surface area contributed by atoms with Crippen molar-refractivity contribution >= 4 is 0 Å². The van der Waals surface area contributed by atoms with Gasteiger partial charge in [0.15, 0.2) is 0 Å². The highest BCUT2D eigenvalue weighted by molar-refractivity contribution is 5.64. The Labute approximate surface area is 117 Å². The van der Waals surface area contributed by atoms with Crippen molar-refractivity contribution in [3.63, 3.8) is 0 Å². The maximum atomic E-state index is 8.82. The summed E-state index contributed by atoms with van der Waals surface area (Å²) in [6.07, 6.45) is 7.20. The van der Waals surface area contributed by atoms with Crippen molar-refractivity contribution in [2.45, 2.75) is 6.92 Å². The summed E-state index contributed by atoms with van der Waals surface area (Å²) in [5, 5.41) is 8.82. The highest BCUT2D eigenvalue weighted by atomic mass is 15.0. The van der Waals surface area contributed by atoms with Crippen LogP contribution in [-0.2, 0) is 0 Å². The number of pyridine rings is 1. The summed E-state index contributed by atoms with van der Waals surface area (Å²) >= 11 is 0. The van der Waals surface area contributed by atoms with E-state index >= 15 is 0 Å². The van der Waals surface area contributed by atoms with Gasteiger partial charge in [0.1, 0.15) is 0 Å². The average molecular weight is 260 g/mol. The Morgan fingerprint density at radius 2 is 2.00 bits per heavy atom. The van der Waals surface area contributed by atoms with Crippen LogP contribution in [0.4, 0.5) is 0 Å². The first-order valence-corrected chi connectivity index (χ1v) is 6.23. The topological polar surface area (TPSA) is 54.5 Å². The first-order chi connectivity index (χ1) is 9.78. The van der Waals surface area contributed by atoms with Crippen molar-refractivity contribution < 1.29 is 0 Å². The molecule has 0 atom stereocenters. The van der Waals surface area contributed by atoms with Crippen molar-refractivity contribution in [1.82, 2.24) is 14.5 Å². The van der Waals surface area contributed by atoms with E-state index in [0.29, 0.717) is 5.56 Å². The molecule has 0 saturated carbocycles. The smallest absolute Gasteiger partial charge is 0.0992 e. The van der Waals surface area contributed by atoms with E-state index in [0.717, 1.165) is 22.5 Å². The first-order valence-electron chi connectivity index (χ1n) is 6.23. The number of benzene rings is 1. The number of hydrogen-bond donors (Lipinski definition) is 0. The largest absolute Gasteiger partial charge is 0.305 e. The van der Waals surface area contributed by atoms with Crippen molar-refractivity contribution in [1.29, 1.82) is 5.26 Å². The summed E-state index contributed by atoms with van der Waals surface area (Å²) < 4.78 is 1.92. The van der Waals surface area contributed by atoms with Gasteiger partial charge in [0.25, 0.3) is 0 Å². The molecular weight excluding hydrogens is 248 g/mol. The second kappa shape index (κ2) is 4.98. The van der Waals surface area contributed by atoms with Crippen LogP contribution in [0.3, 0.4) is 0 Å². The number of imidazole rings is 1. The Morgan fingerprint density at radius 1 is 1.20 bits per heavy atom. The van der Waals surface area contributed by atoms with Gasteiger partial charge in [-0.3, -0.25) is 4.98 Å². The quantitative estimate of drug-likeness (QED) is 0.711. The Bertz CT molecular complexity index is 765. The van der Waals surface area contributed by atoms with Gasteiger partial charge in [-0.2, -0.15) is 5.26 Å². The van der Waals surface area contributed by atoms with E-state index in [1.165, 1.54) is 0 Å². The molecular formula is C16H12N4. The SMILES string of the molecule is Cc1cc(-n2ccnc2)cnc1-c1ccc(C#N)cc1. The van der Waals surface area contributed by atoms with Crippen LogP contribution in [-0.4, -0.2) is 14.5 Å². The molecule has 2 aromatic heterocycles. The Kier molecular flexibility index (Phi) is 3.02. The molecule has 3 rings (SSSR count). The minimum atomic E-state index is 0.654. The number of rotatable bonds is 2. The first kappa shape index (κ1) is 12.1. The van der Waals surface area contributed by atoms with Crippen LogP contribution >= 0.6 is 0 Å². The van der Waals surface area contributed by atoms with Crippen LogP contribution in [0.5, 0.6) is 0 Å². The fourth-order valence-electron chi connectivity index (χ4n) is 2.12. The number of nitrogens with zero attached hydrogens (tertiary/aromatic N) is 4. The third kappa shape index (κ3) is 2.17. The zero-order valence-electron chi connectivity index (χ0n) is 11.0. The summed E-state index contributed by atoms with van der Waals surface area (Å²) in [4.78, 5) is 8.56. The van der Waals surface area contributed by atoms with Gasteiger partial charge >= 0.3 is 0 Å². The molecule has 0 aliphatic heterocycles. The number of aryl methyl sites for hydroxylation is 1. The maximum Gasteiger partial charge on any atom is 0.0992 e. The lowest BCUT2D eigenvalue weighted by molar-refractivity contribution is 1.03. The molecule has 4 nitrogen and oxygen atoms in total. The van der Waals surface area contributed by atoms with Gasteiger partial charge in [-0.25, -0.2) is 4.98 Å². The second-order valence-corrected chi connectivity index (χ2v) is 4.52. The van der Waals surface area contributed by atoms with Crippen LogP contribution in [0.1, 0.15) is 11.1 Å². The van der Waals surface area contributed by atoms with Crippen molar-refractivity contribution in [2.75, 3.05) is 0 Å². The van der Waals surface area contributed by atoms with Crippen molar-refractivity contribution in [3.05, 3.63) is 66.4 Å². The van der Waals surface area contributed by atoms with Gasteiger partial charge in [-0.15, -0.1) is 0 Å². The summed E-state index contributed by atoms with van der Waals surface area (Å²) in [6.45, 7) is 2.03. The van der Waals surface area contributed by atoms with Crippen LogP contribution in [0.25, 0.3) is 16.9 Å². The molecule has 96 valence electrons. The highest BCUT2D eigenvalue weighted by Gasteiger charge is 2.06. The molecule has 0 fully saturated rings. The van der Waals surface area contributed by atoms with Gasteiger partial charge in [0.2, 0.25) is 0 Å². The standard InChI is InChI=1S/C16H12N4/c1-12-8-15(20-7-6-18-11-20)10-19-16(12)14-4-2-13(9-17)3-5-14/h2-8,10-11H,1H3. The van der Waals surface area contributed by atoms with Gasteiger partial charge < -0.3 is 4.57 Å². The molecule has 0 aliphatic carbocycles. The summed E-state index contributed by atoms with van der Waals surface area (Å²) in [5.74, 6) is 0. The molecule has 0 saturated heterocycles. The van der Waals surface area contributed by atoms with E-state index < -0.39 is 0 Å². The molecule has 4 heteroatoms. The van der Waals surface area contributed by atoms with E-state index in [2.05, 4.69) is 22.1 Å². The van der Waals surface area contributed by atoms with Crippen LogP contribution in [0.15, 0.2) is 55.2 Å². The number of aromatic nitrogens is 3. The molecule has 0 aliphatic rings. The molecule has 0 amide bonds. The zero-order valence-corrected chi connectivity index (χ0v) is 11.0. The minimum Gasteiger partial charge on any atom is -0.305 e. The number of hydrogen-bond acceptors (Lipinski definition) is 3.